The van der Waals surface area contributed by atoms with Crippen LogP contribution in [0.3, 0.4) is 0 Å². The van der Waals surface area contributed by atoms with Crippen LogP contribution in [0.4, 0.5) is 0 Å². The zero-order valence-electron chi connectivity index (χ0n) is 16.1. The number of Topliss-reactive ketones (excluding diaryl/α,β-unsaturated/α-hetero) is 1. The number of benzene rings is 2. The van der Waals surface area contributed by atoms with Crippen molar-refractivity contribution in [2.45, 2.75) is 59.8 Å². The summed E-state index contributed by atoms with van der Waals surface area (Å²) in [5, 5.41) is 0. The monoisotopic (exact) mass is 334 g/mol. The van der Waals surface area contributed by atoms with Gasteiger partial charge < -0.3 is 0 Å². The highest BCUT2D eigenvalue weighted by Crippen LogP contribution is 2.40. The van der Waals surface area contributed by atoms with E-state index < -0.39 is 0 Å². The fraction of sp³-hybridized carbons (Fsp3) is 0.375. The molecule has 2 aromatic rings. The van der Waals surface area contributed by atoms with E-state index in [0.717, 1.165) is 24.8 Å². The first-order valence-electron chi connectivity index (χ1n) is 9.77. The van der Waals surface area contributed by atoms with Crippen molar-refractivity contribution in [1.29, 1.82) is 0 Å². The number of rotatable bonds is 0. The zero-order chi connectivity index (χ0) is 18.2. The van der Waals surface area contributed by atoms with Crippen LogP contribution in [0.1, 0.15) is 69.2 Å². The van der Waals surface area contributed by atoms with Gasteiger partial charge in [0.2, 0.25) is 0 Å². The minimum absolute atomic E-state index is 0.290. The molecule has 0 N–H and O–H groups in total. The first-order chi connectivity index (χ1) is 12.3. The number of carbonyl (C=O) groups excluding carboxylic acids is 1. The lowest BCUT2D eigenvalue weighted by atomic mass is 9.77. The summed E-state index contributed by atoms with van der Waals surface area (Å²) in [6.45, 7) is 8.00. The maximum absolute atomic E-state index is 12.8. The summed E-state index contributed by atoms with van der Waals surface area (Å²) in [6.07, 6.45) is 5.01. The smallest absolute Gasteiger partial charge is 0.168 e. The third kappa shape index (κ3) is 3.92. The number of hydrogen-bond acceptors (Lipinski definition) is 1. The van der Waals surface area contributed by atoms with Gasteiger partial charge in [0.15, 0.2) is 5.78 Å². The Balaban J connectivity index is 0.000000528. The summed E-state index contributed by atoms with van der Waals surface area (Å²) >= 11 is 0. The molecule has 0 saturated carbocycles. The Morgan fingerprint density at radius 3 is 1.96 bits per heavy atom. The highest BCUT2D eigenvalue weighted by atomic mass is 16.1. The maximum Gasteiger partial charge on any atom is 0.168 e. The summed E-state index contributed by atoms with van der Waals surface area (Å²) in [5.41, 5.74) is 7.25. The molecule has 0 spiro atoms. The Bertz CT molecular complexity index is 752. The lowest BCUT2D eigenvalue weighted by Crippen LogP contribution is -2.17. The average Bonchev–Trinajstić information content (AvgIpc) is 2.66. The molecule has 4 rings (SSSR count). The predicted molar refractivity (Wildman–Crippen MR) is 109 cm³/mol. The molecular weight excluding hydrogens is 304 g/mol. The van der Waals surface area contributed by atoms with Crippen LogP contribution >= 0.6 is 0 Å². The van der Waals surface area contributed by atoms with Crippen LogP contribution in [0.2, 0.25) is 0 Å². The van der Waals surface area contributed by atoms with Crippen molar-refractivity contribution in [3.05, 3.63) is 70.8 Å². The highest BCUT2D eigenvalue weighted by molar-refractivity contribution is 6.30. The molecule has 132 valence electrons. The van der Waals surface area contributed by atoms with Crippen LogP contribution in [0, 0.1) is 0 Å². The average molecular weight is 335 g/mol. The van der Waals surface area contributed by atoms with Crippen LogP contribution in [-0.4, -0.2) is 5.78 Å². The van der Waals surface area contributed by atoms with Crippen molar-refractivity contribution in [3.8, 4) is 0 Å². The van der Waals surface area contributed by atoms with Gasteiger partial charge in [0, 0.05) is 12.0 Å². The van der Waals surface area contributed by atoms with Crippen LogP contribution in [-0.2, 0) is 17.6 Å². The van der Waals surface area contributed by atoms with E-state index in [2.05, 4.69) is 42.5 Å². The van der Waals surface area contributed by atoms with Crippen molar-refractivity contribution in [1.82, 2.24) is 0 Å². The molecule has 0 bridgehead atoms. The van der Waals surface area contributed by atoms with Gasteiger partial charge in [-0.3, -0.25) is 4.79 Å². The number of aryl methyl sites for hydroxylation is 1. The number of carbonyl (C=O) groups is 1. The van der Waals surface area contributed by atoms with E-state index in [4.69, 9.17) is 0 Å². The minimum Gasteiger partial charge on any atom is -0.294 e. The van der Waals surface area contributed by atoms with Gasteiger partial charge in [-0.05, 0) is 53.5 Å². The quantitative estimate of drug-likeness (QED) is 0.537. The molecule has 0 heterocycles. The third-order valence-corrected chi connectivity index (χ3v) is 4.68. The van der Waals surface area contributed by atoms with Crippen molar-refractivity contribution in [2.75, 3.05) is 0 Å². The fourth-order valence-electron chi connectivity index (χ4n) is 3.71. The van der Waals surface area contributed by atoms with Crippen LogP contribution in [0.5, 0.6) is 0 Å². The van der Waals surface area contributed by atoms with E-state index in [1.807, 2.05) is 33.8 Å². The molecule has 1 nitrogen and oxygen atoms in total. The van der Waals surface area contributed by atoms with Crippen molar-refractivity contribution < 1.29 is 4.79 Å². The molecule has 2 aromatic carbocycles. The van der Waals surface area contributed by atoms with Gasteiger partial charge in [-0.2, -0.15) is 0 Å². The molecule has 0 aromatic heterocycles. The normalized spacial score (nSPS) is 15.1. The Morgan fingerprint density at radius 1 is 0.680 bits per heavy atom. The van der Waals surface area contributed by atoms with E-state index in [9.17, 15) is 4.79 Å². The molecule has 0 fully saturated rings. The molecule has 0 saturated heterocycles. The summed E-state index contributed by atoms with van der Waals surface area (Å²) in [5.74, 6) is 0.290. The molecule has 0 aliphatic heterocycles. The molecule has 1 heteroatoms. The van der Waals surface area contributed by atoms with E-state index in [0.29, 0.717) is 6.42 Å². The predicted octanol–water partition coefficient (Wildman–Crippen LogP) is 6.50. The van der Waals surface area contributed by atoms with Crippen LogP contribution in [0.25, 0.3) is 11.1 Å². The minimum atomic E-state index is 0.290. The van der Waals surface area contributed by atoms with E-state index >= 15 is 0 Å². The number of hydrogen-bond donors (Lipinski definition) is 0. The van der Waals surface area contributed by atoms with Crippen molar-refractivity contribution in [3.63, 3.8) is 0 Å². The van der Waals surface area contributed by atoms with Gasteiger partial charge in [-0.15, -0.1) is 0 Å². The maximum atomic E-state index is 12.8. The van der Waals surface area contributed by atoms with Crippen molar-refractivity contribution in [2.24, 2.45) is 0 Å². The summed E-state index contributed by atoms with van der Waals surface area (Å²) in [6, 6.07) is 16.9. The lowest BCUT2D eigenvalue weighted by Gasteiger charge is -2.26. The number of allylic oxidation sites excluding steroid dienone is 2. The van der Waals surface area contributed by atoms with Gasteiger partial charge >= 0.3 is 0 Å². The second kappa shape index (κ2) is 9.36. The van der Waals surface area contributed by atoms with Crippen molar-refractivity contribution >= 4 is 16.9 Å². The molecule has 0 amide bonds. The summed E-state index contributed by atoms with van der Waals surface area (Å²) in [4.78, 5) is 12.8. The number of fused-ring (bicyclic) bond motifs is 4. The van der Waals surface area contributed by atoms with E-state index in [-0.39, 0.29) is 5.78 Å². The lowest BCUT2D eigenvalue weighted by molar-refractivity contribution is -0.113. The van der Waals surface area contributed by atoms with Crippen LogP contribution in [0.15, 0.2) is 48.5 Å². The Labute approximate surface area is 152 Å². The zero-order valence-corrected chi connectivity index (χ0v) is 16.1. The van der Waals surface area contributed by atoms with Gasteiger partial charge in [0.1, 0.15) is 0 Å². The number of ketones is 1. The van der Waals surface area contributed by atoms with Gasteiger partial charge in [-0.25, -0.2) is 0 Å². The molecular formula is C24H30O. The van der Waals surface area contributed by atoms with E-state index in [1.165, 1.54) is 34.2 Å². The third-order valence-electron chi connectivity index (χ3n) is 4.68. The van der Waals surface area contributed by atoms with E-state index in [1.54, 1.807) is 0 Å². The molecule has 0 radical (unpaired) electrons. The topological polar surface area (TPSA) is 17.1 Å². The molecule has 2 aliphatic carbocycles. The molecule has 0 atom stereocenters. The second-order valence-corrected chi connectivity index (χ2v) is 5.97. The Kier molecular flexibility index (Phi) is 7.18. The first kappa shape index (κ1) is 19.2. The molecule has 0 unspecified atom stereocenters. The first-order valence-corrected chi connectivity index (χ1v) is 9.77. The van der Waals surface area contributed by atoms with Gasteiger partial charge in [0.05, 0.1) is 0 Å². The standard InChI is InChI=1S/C20H18O.2C2H6/c21-19-13-15-9-3-4-10-16(15)18-12-6-2-8-14-7-1-5-11-17(14)20(18)19;2*1-2/h1,3-5,7,9-11H,2,6,8,12-13H2;2*1-2H3. The second-order valence-electron chi connectivity index (χ2n) is 5.97. The largest absolute Gasteiger partial charge is 0.294 e. The summed E-state index contributed by atoms with van der Waals surface area (Å²) in [7, 11) is 0. The molecule has 2 aliphatic rings. The summed E-state index contributed by atoms with van der Waals surface area (Å²) < 4.78 is 0. The highest BCUT2D eigenvalue weighted by Gasteiger charge is 2.27. The molecule has 25 heavy (non-hydrogen) atoms. The Morgan fingerprint density at radius 2 is 1.24 bits per heavy atom. The van der Waals surface area contributed by atoms with Crippen LogP contribution < -0.4 is 0 Å². The van der Waals surface area contributed by atoms with Gasteiger partial charge in [-0.1, -0.05) is 76.2 Å². The fourth-order valence-corrected chi connectivity index (χ4v) is 3.71. The Hall–Kier alpha value is -2.15. The SMILES string of the molecule is CC.CC.O=C1Cc2ccccc2C2=C1c1ccccc1CCCC2. The van der Waals surface area contributed by atoms with Gasteiger partial charge in [0.25, 0.3) is 0 Å².